The van der Waals surface area contributed by atoms with Crippen molar-refractivity contribution in [1.82, 2.24) is 19.1 Å². The van der Waals surface area contributed by atoms with Crippen LogP contribution in [0.3, 0.4) is 0 Å². The van der Waals surface area contributed by atoms with Gasteiger partial charge in [0.05, 0.1) is 16.7 Å². The molecule has 0 aliphatic rings. The molecule has 0 radical (unpaired) electrons. The average molecular weight is 428 g/mol. The molecule has 5 nitrogen and oxygen atoms in total. The van der Waals surface area contributed by atoms with Gasteiger partial charge in [0.1, 0.15) is 0 Å². The molecule has 0 aliphatic heterocycles. The fraction of sp³-hybridized carbons (Fsp3) is 0.462. The average Bonchev–Trinajstić information content (AvgIpc) is 3.40. The molecule has 0 saturated carbocycles. The van der Waals surface area contributed by atoms with Crippen molar-refractivity contribution in [3.05, 3.63) is 54.9 Å². The molecule has 0 aliphatic carbocycles. The van der Waals surface area contributed by atoms with E-state index in [-0.39, 0.29) is 0 Å². The highest BCUT2D eigenvalue weighted by Crippen LogP contribution is 2.22. The third kappa shape index (κ3) is 8.44. The van der Waals surface area contributed by atoms with Gasteiger partial charge in [-0.15, -0.1) is 0 Å². The lowest BCUT2D eigenvalue weighted by molar-refractivity contribution is 0.967. The zero-order valence-corrected chi connectivity index (χ0v) is 21.9. The first-order chi connectivity index (χ1) is 15.1. The van der Waals surface area contributed by atoms with Gasteiger partial charge in [0, 0.05) is 68.6 Å². The first-order valence-corrected chi connectivity index (χ1v) is 11.5. The smallest absolute Gasteiger partial charge is 0.0613 e. The summed E-state index contributed by atoms with van der Waals surface area (Å²) in [6, 6.07) is 6.14. The highest BCUT2D eigenvalue weighted by Gasteiger charge is 2.03. The highest BCUT2D eigenvalue weighted by molar-refractivity contribution is 5.92. The molecule has 0 aromatic carbocycles. The standard InChI is InChI=1S/C9H11N3.C9H10N2.4C2H6/c1-10-8-6-12(2)9-3-4-11-5-7(8)9;1-7-8-4-6-11(2)9(8)3-5-10-7;4*1-2/h3-6,10H,1-2H3;3-6H,1-2H3;4*1-2H3. The van der Waals surface area contributed by atoms with Gasteiger partial charge in [-0.1, -0.05) is 55.4 Å². The van der Waals surface area contributed by atoms with Crippen LogP contribution in [-0.4, -0.2) is 26.1 Å². The Morgan fingerprint density at radius 1 is 0.742 bits per heavy atom. The maximum atomic E-state index is 4.21. The van der Waals surface area contributed by atoms with E-state index in [1.807, 2.05) is 114 Å². The van der Waals surface area contributed by atoms with E-state index < -0.39 is 0 Å². The van der Waals surface area contributed by atoms with E-state index in [1.165, 1.54) is 21.8 Å². The first-order valence-electron chi connectivity index (χ1n) is 11.5. The molecule has 5 heteroatoms. The van der Waals surface area contributed by atoms with Gasteiger partial charge >= 0.3 is 0 Å². The third-order valence-electron chi connectivity index (χ3n) is 4.07. The van der Waals surface area contributed by atoms with Crippen LogP contribution in [0.15, 0.2) is 49.2 Å². The second-order valence-electron chi connectivity index (χ2n) is 5.55. The minimum absolute atomic E-state index is 1.10. The maximum absolute atomic E-state index is 4.21. The summed E-state index contributed by atoms with van der Waals surface area (Å²) in [6.45, 7) is 18.0. The van der Waals surface area contributed by atoms with Gasteiger partial charge < -0.3 is 14.5 Å². The number of aryl methyl sites for hydroxylation is 3. The first kappa shape index (κ1) is 30.4. The molecule has 4 rings (SSSR count). The van der Waals surface area contributed by atoms with Crippen molar-refractivity contribution in [2.75, 3.05) is 12.4 Å². The number of aromatic nitrogens is 4. The summed E-state index contributed by atoms with van der Waals surface area (Å²) in [5.74, 6) is 0. The molecule has 1 N–H and O–H groups in total. The Morgan fingerprint density at radius 3 is 1.84 bits per heavy atom. The second kappa shape index (κ2) is 18.0. The number of pyridine rings is 2. The van der Waals surface area contributed by atoms with Crippen LogP contribution in [0, 0.1) is 6.92 Å². The molecule has 0 bridgehead atoms. The summed E-state index contributed by atoms with van der Waals surface area (Å²) in [5.41, 5.74) is 4.68. The summed E-state index contributed by atoms with van der Waals surface area (Å²) >= 11 is 0. The van der Waals surface area contributed by atoms with Crippen molar-refractivity contribution < 1.29 is 0 Å². The summed E-state index contributed by atoms with van der Waals surface area (Å²) < 4.78 is 4.19. The molecule has 0 amide bonds. The van der Waals surface area contributed by atoms with E-state index in [1.54, 1.807) is 0 Å². The molecule has 0 fully saturated rings. The van der Waals surface area contributed by atoms with E-state index in [2.05, 4.69) is 42.9 Å². The Morgan fingerprint density at radius 2 is 1.29 bits per heavy atom. The molecular formula is C26H45N5. The summed E-state index contributed by atoms with van der Waals surface area (Å²) in [7, 11) is 5.99. The number of nitrogens with zero attached hydrogens (tertiary/aromatic N) is 4. The zero-order valence-electron chi connectivity index (χ0n) is 21.9. The Kier molecular flexibility index (Phi) is 17.6. The molecule has 4 aromatic heterocycles. The number of nitrogens with one attached hydrogen (secondary N) is 1. The van der Waals surface area contributed by atoms with Gasteiger partial charge in [0.25, 0.3) is 0 Å². The van der Waals surface area contributed by atoms with Crippen LogP contribution in [0.4, 0.5) is 5.69 Å². The fourth-order valence-electron chi connectivity index (χ4n) is 2.78. The van der Waals surface area contributed by atoms with Crippen LogP contribution in [0.1, 0.15) is 61.1 Å². The van der Waals surface area contributed by atoms with Crippen LogP contribution in [0.25, 0.3) is 21.8 Å². The largest absolute Gasteiger partial charge is 0.386 e. The van der Waals surface area contributed by atoms with Crippen molar-refractivity contribution in [3.63, 3.8) is 0 Å². The molecule has 0 atom stereocenters. The highest BCUT2D eigenvalue weighted by atomic mass is 15.0. The van der Waals surface area contributed by atoms with Crippen molar-refractivity contribution in [1.29, 1.82) is 0 Å². The van der Waals surface area contributed by atoms with Crippen molar-refractivity contribution in [3.8, 4) is 0 Å². The van der Waals surface area contributed by atoms with Gasteiger partial charge in [0.15, 0.2) is 0 Å². The molecule has 0 unspecified atom stereocenters. The molecule has 0 spiro atoms. The Labute approximate surface area is 190 Å². The van der Waals surface area contributed by atoms with Crippen molar-refractivity contribution in [2.24, 2.45) is 14.1 Å². The summed E-state index contributed by atoms with van der Waals surface area (Å²) in [4.78, 5) is 8.29. The SMILES string of the molecule is CC.CC.CC.CC.CNc1cn(C)c2ccncc12.Cc1nccc2c1ccn2C. The van der Waals surface area contributed by atoms with Crippen molar-refractivity contribution in [2.45, 2.75) is 62.3 Å². The topological polar surface area (TPSA) is 47.7 Å². The second-order valence-corrected chi connectivity index (χ2v) is 5.55. The lowest BCUT2D eigenvalue weighted by atomic mass is 10.2. The third-order valence-corrected chi connectivity index (χ3v) is 4.07. The zero-order chi connectivity index (χ0) is 24.4. The fourth-order valence-corrected chi connectivity index (χ4v) is 2.78. The van der Waals surface area contributed by atoms with E-state index in [9.17, 15) is 0 Å². The minimum atomic E-state index is 1.10. The number of fused-ring (bicyclic) bond motifs is 2. The van der Waals surface area contributed by atoms with Crippen LogP contribution in [0.5, 0.6) is 0 Å². The molecule has 174 valence electrons. The lowest BCUT2D eigenvalue weighted by Crippen LogP contribution is -1.85. The van der Waals surface area contributed by atoms with E-state index in [0.717, 1.165) is 11.4 Å². The van der Waals surface area contributed by atoms with Gasteiger partial charge in [-0.05, 0) is 25.1 Å². The van der Waals surface area contributed by atoms with Gasteiger partial charge in [-0.3, -0.25) is 9.97 Å². The van der Waals surface area contributed by atoms with E-state index >= 15 is 0 Å². The van der Waals surface area contributed by atoms with Crippen LogP contribution < -0.4 is 5.32 Å². The van der Waals surface area contributed by atoms with Crippen molar-refractivity contribution >= 4 is 27.5 Å². The monoisotopic (exact) mass is 427 g/mol. The Bertz CT molecular complexity index is 951. The lowest BCUT2D eigenvalue weighted by Gasteiger charge is -1.96. The molecule has 0 saturated heterocycles. The number of hydrogen-bond donors (Lipinski definition) is 1. The Balaban J connectivity index is 0. The summed E-state index contributed by atoms with van der Waals surface area (Å²) in [5, 5.41) is 5.54. The molecule has 4 aromatic rings. The quantitative estimate of drug-likeness (QED) is 0.340. The maximum Gasteiger partial charge on any atom is 0.0613 e. The summed E-state index contributed by atoms with van der Waals surface area (Å²) in [6.07, 6.45) is 9.65. The van der Waals surface area contributed by atoms with Crippen LogP contribution >= 0.6 is 0 Å². The predicted octanol–water partition coefficient (Wildman–Crippen LogP) is 7.60. The number of anilines is 1. The van der Waals surface area contributed by atoms with Gasteiger partial charge in [-0.25, -0.2) is 0 Å². The van der Waals surface area contributed by atoms with Gasteiger partial charge in [-0.2, -0.15) is 0 Å². The minimum Gasteiger partial charge on any atom is -0.386 e. The van der Waals surface area contributed by atoms with E-state index in [0.29, 0.717) is 0 Å². The van der Waals surface area contributed by atoms with Crippen LogP contribution in [-0.2, 0) is 14.1 Å². The Hall–Kier alpha value is -2.82. The molecule has 4 heterocycles. The number of hydrogen-bond acceptors (Lipinski definition) is 3. The van der Waals surface area contributed by atoms with Crippen LogP contribution in [0.2, 0.25) is 0 Å². The predicted molar refractivity (Wildman–Crippen MR) is 141 cm³/mol. The molecular weight excluding hydrogens is 382 g/mol. The normalized spacial score (nSPS) is 8.65. The van der Waals surface area contributed by atoms with Gasteiger partial charge in [0.2, 0.25) is 0 Å². The number of rotatable bonds is 1. The molecule has 31 heavy (non-hydrogen) atoms. The van der Waals surface area contributed by atoms with E-state index in [4.69, 9.17) is 0 Å².